The molecule has 140 valence electrons. The predicted molar refractivity (Wildman–Crippen MR) is 93.1 cm³/mol. The second kappa shape index (κ2) is 8.21. The number of fused-ring (bicyclic) bond motifs is 1. The minimum absolute atomic E-state index is 0.0512. The number of alkyl carbamates (subject to hydrolysis) is 1. The summed E-state index contributed by atoms with van der Waals surface area (Å²) in [5.74, 6) is -0.593. The molecule has 0 unspecified atom stereocenters. The Morgan fingerprint density at radius 3 is 2.58 bits per heavy atom. The highest BCUT2D eigenvalue weighted by atomic mass is 16.5. The molecule has 7 nitrogen and oxygen atoms in total. The molecule has 0 spiro atoms. The van der Waals surface area contributed by atoms with Crippen LogP contribution in [0.1, 0.15) is 38.2 Å². The summed E-state index contributed by atoms with van der Waals surface area (Å²) in [6, 6.07) is 8.18. The van der Waals surface area contributed by atoms with Gasteiger partial charge >= 0.3 is 12.1 Å². The van der Waals surface area contributed by atoms with Crippen molar-refractivity contribution in [2.24, 2.45) is 0 Å². The van der Waals surface area contributed by atoms with Crippen molar-refractivity contribution in [3.05, 3.63) is 35.9 Å². The minimum atomic E-state index is -0.662. The standard InChI is InChI=1S/C19H24N2O5/c1-2-25-18(23)16-11-9-14-8-10-15(17(22)21(14)16)20-19(24)26-12-13-6-4-3-5-7-13/h3-7,14-16H,2,8-12H2,1H3,(H,20,24)/t14-,15-,16-/m0/s1. The highest BCUT2D eigenvalue weighted by Crippen LogP contribution is 2.33. The van der Waals surface area contributed by atoms with Crippen LogP contribution in [0.3, 0.4) is 0 Å². The molecule has 1 aromatic carbocycles. The molecule has 3 atom stereocenters. The predicted octanol–water partition coefficient (Wildman–Crippen LogP) is 2.00. The summed E-state index contributed by atoms with van der Waals surface area (Å²) >= 11 is 0. The second-order valence-corrected chi connectivity index (χ2v) is 6.58. The van der Waals surface area contributed by atoms with Gasteiger partial charge in [0.15, 0.2) is 0 Å². The number of carbonyl (C=O) groups excluding carboxylic acids is 3. The molecule has 1 N–H and O–H groups in total. The van der Waals surface area contributed by atoms with Gasteiger partial charge in [-0.25, -0.2) is 9.59 Å². The number of rotatable bonds is 5. The molecular formula is C19H24N2O5. The van der Waals surface area contributed by atoms with E-state index in [1.54, 1.807) is 11.8 Å². The third-order valence-electron chi connectivity index (χ3n) is 4.91. The zero-order valence-corrected chi connectivity index (χ0v) is 14.8. The highest BCUT2D eigenvalue weighted by molar-refractivity contribution is 5.91. The van der Waals surface area contributed by atoms with Gasteiger partial charge in [-0.3, -0.25) is 4.79 Å². The summed E-state index contributed by atoms with van der Waals surface area (Å²) in [6.07, 6.45) is 2.08. The number of ether oxygens (including phenoxy) is 2. The molecular weight excluding hydrogens is 336 g/mol. The van der Waals surface area contributed by atoms with Crippen molar-refractivity contribution in [3.63, 3.8) is 0 Å². The van der Waals surface area contributed by atoms with E-state index >= 15 is 0 Å². The molecule has 7 heteroatoms. The molecule has 2 aliphatic rings. The van der Waals surface area contributed by atoms with Crippen LogP contribution in [-0.4, -0.2) is 47.6 Å². The number of hydrogen-bond acceptors (Lipinski definition) is 5. The van der Waals surface area contributed by atoms with Crippen LogP contribution in [0.5, 0.6) is 0 Å². The lowest BCUT2D eigenvalue weighted by molar-refractivity contribution is -0.156. The van der Waals surface area contributed by atoms with Crippen LogP contribution in [0.25, 0.3) is 0 Å². The van der Waals surface area contributed by atoms with Crippen molar-refractivity contribution in [2.45, 2.75) is 57.3 Å². The van der Waals surface area contributed by atoms with E-state index in [1.165, 1.54) is 0 Å². The van der Waals surface area contributed by atoms with Crippen LogP contribution in [0, 0.1) is 0 Å². The highest BCUT2D eigenvalue weighted by Gasteiger charge is 2.47. The van der Waals surface area contributed by atoms with Gasteiger partial charge in [-0.1, -0.05) is 30.3 Å². The first-order chi connectivity index (χ1) is 12.6. The maximum Gasteiger partial charge on any atom is 0.408 e. The fraction of sp³-hybridized carbons (Fsp3) is 0.526. The number of amides is 2. The number of nitrogens with zero attached hydrogens (tertiary/aromatic N) is 1. The van der Waals surface area contributed by atoms with Crippen LogP contribution in [0.4, 0.5) is 4.79 Å². The number of hydrogen-bond donors (Lipinski definition) is 1. The van der Waals surface area contributed by atoms with E-state index in [9.17, 15) is 14.4 Å². The monoisotopic (exact) mass is 360 g/mol. The average Bonchev–Trinajstić information content (AvgIpc) is 3.08. The van der Waals surface area contributed by atoms with Gasteiger partial charge in [-0.05, 0) is 38.2 Å². The smallest absolute Gasteiger partial charge is 0.408 e. The molecule has 2 heterocycles. The molecule has 0 radical (unpaired) electrons. The van der Waals surface area contributed by atoms with Gasteiger partial charge in [0.25, 0.3) is 0 Å². The Balaban J connectivity index is 1.56. The van der Waals surface area contributed by atoms with Gasteiger partial charge in [0.2, 0.25) is 5.91 Å². The Hall–Kier alpha value is -2.57. The van der Waals surface area contributed by atoms with Crippen LogP contribution in [0.15, 0.2) is 30.3 Å². The molecule has 2 saturated heterocycles. The summed E-state index contributed by atoms with van der Waals surface area (Å²) in [6.45, 7) is 2.18. The quantitative estimate of drug-likeness (QED) is 0.812. The van der Waals surface area contributed by atoms with Crippen LogP contribution >= 0.6 is 0 Å². The third kappa shape index (κ3) is 3.98. The zero-order valence-electron chi connectivity index (χ0n) is 14.8. The molecule has 0 saturated carbocycles. The largest absolute Gasteiger partial charge is 0.464 e. The van der Waals surface area contributed by atoms with E-state index in [0.717, 1.165) is 18.4 Å². The van der Waals surface area contributed by atoms with E-state index in [1.807, 2.05) is 30.3 Å². The van der Waals surface area contributed by atoms with Gasteiger partial charge < -0.3 is 19.7 Å². The summed E-state index contributed by atoms with van der Waals surface area (Å²) in [4.78, 5) is 38.5. The maximum absolute atomic E-state index is 12.8. The van der Waals surface area contributed by atoms with Crippen molar-refractivity contribution in [1.29, 1.82) is 0 Å². The van der Waals surface area contributed by atoms with Gasteiger partial charge in [0.1, 0.15) is 18.7 Å². The Morgan fingerprint density at radius 2 is 1.85 bits per heavy atom. The molecule has 2 amide bonds. The van der Waals surface area contributed by atoms with Crippen LogP contribution in [-0.2, 0) is 25.7 Å². The van der Waals surface area contributed by atoms with Crippen molar-refractivity contribution < 1.29 is 23.9 Å². The summed E-state index contributed by atoms with van der Waals surface area (Å²) in [5, 5.41) is 2.64. The van der Waals surface area contributed by atoms with Crippen LogP contribution in [0.2, 0.25) is 0 Å². The van der Waals surface area contributed by atoms with Crippen molar-refractivity contribution in [2.75, 3.05) is 6.61 Å². The number of esters is 1. The van der Waals surface area contributed by atoms with E-state index in [-0.39, 0.29) is 31.1 Å². The summed E-state index contributed by atoms with van der Waals surface area (Å²) in [5.41, 5.74) is 0.875. The molecule has 3 rings (SSSR count). The average molecular weight is 360 g/mol. The lowest BCUT2D eigenvalue weighted by atomic mass is 9.98. The fourth-order valence-corrected chi connectivity index (χ4v) is 3.67. The number of piperidine rings is 1. The second-order valence-electron chi connectivity index (χ2n) is 6.58. The summed E-state index contributed by atoms with van der Waals surface area (Å²) < 4.78 is 10.3. The number of benzene rings is 1. The normalized spacial score (nSPS) is 24.7. The molecule has 1 aromatic rings. The molecule has 2 fully saturated rings. The summed E-state index contributed by atoms with van der Waals surface area (Å²) in [7, 11) is 0. The Morgan fingerprint density at radius 1 is 1.12 bits per heavy atom. The Kier molecular flexibility index (Phi) is 5.75. The van der Waals surface area contributed by atoms with Gasteiger partial charge in [-0.2, -0.15) is 0 Å². The third-order valence-corrected chi connectivity index (χ3v) is 4.91. The van der Waals surface area contributed by atoms with Gasteiger partial charge in [0.05, 0.1) is 6.61 Å². The first kappa shape index (κ1) is 18.2. The first-order valence-corrected chi connectivity index (χ1v) is 9.06. The topological polar surface area (TPSA) is 84.9 Å². The molecule has 0 bridgehead atoms. The fourth-order valence-electron chi connectivity index (χ4n) is 3.67. The minimum Gasteiger partial charge on any atom is -0.464 e. The van der Waals surface area contributed by atoms with E-state index in [0.29, 0.717) is 12.8 Å². The van der Waals surface area contributed by atoms with Crippen molar-refractivity contribution in [1.82, 2.24) is 10.2 Å². The lowest BCUT2D eigenvalue weighted by Gasteiger charge is -2.37. The van der Waals surface area contributed by atoms with Gasteiger partial charge in [-0.15, -0.1) is 0 Å². The maximum atomic E-state index is 12.8. The number of nitrogens with one attached hydrogen (secondary N) is 1. The van der Waals surface area contributed by atoms with E-state index in [2.05, 4.69) is 5.32 Å². The van der Waals surface area contributed by atoms with Crippen molar-refractivity contribution >= 4 is 18.0 Å². The first-order valence-electron chi connectivity index (χ1n) is 9.06. The zero-order chi connectivity index (χ0) is 18.5. The van der Waals surface area contributed by atoms with E-state index in [4.69, 9.17) is 9.47 Å². The SMILES string of the molecule is CCOC(=O)[C@@H]1CC[C@@H]2CC[C@H](NC(=O)OCc3ccccc3)C(=O)N21. The number of carbonyl (C=O) groups is 3. The molecule has 0 aliphatic carbocycles. The van der Waals surface area contributed by atoms with Crippen LogP contribution < -0.4 is 5.32 Å². The lowest BCUT2D eigenvalue weighted by Crippen LogP contribution is -2.57. The molecule has 26 heavy (non-hydrogen) atoms. The molecule has 0 aromatic heterocycles. The Bertz CT molecular complexity index is 663. The van der Waals surface area contributed by atoms with Gasteiger partial charge in [0, 0.05) is 6.04 Å². The Labute approximate surface area is 152 Å². The molecule has 2 aliphatic heterocycles. The van der Waals surface area contributed by atoms with Crippen molar-refractivity contribution in [3.8, 4) is 0 Å². The van der Waals surface area contributed by atoms with E-state index < -0.39 is 18.2 Å².